The van der Waals surface area contributed by atoms with Crippen molar-refractivity contribution in [3.05, 3.63) is 35.9 Å². The van der Waals surface area contributed by atoms with Gasteiger partial charge >= 0.3 is 0 Å². The van der Waals surface area contributed by atoms with E-state index in [-0.39, 0.29) is 0 Å². The Kier molecular flexibility index (Phi) is 5.34. The molecular formula is C15H24NO3+. The summed E-state index contributed by atoms with van der Waals surface area (Å²) in [5.74, 6) is 0. The van der Waals surface area contributed by atoms with Gasteiger partial charge in [0.25, 0.3) is 0 Å². The van der Waals surface area contributed by atoms with E-state index in [9.17, 15) is 5.11 Å². The molecule has 0 bridgehead atoms. The minimum Gasteiger partial charge on any atom is -0.385 e. The number of likely N-dealkylation sites (N-methyl/N-ethyl adjacent to an activating group) is 1. The molecule has 1 aromatic carbocycles. The molecule has 1 aromatic rings. The van der Waals surface area contributed by atoms with Gasteiger partial charge in [0, 0.05) is 0 Å². The molecule has 4 heteroatoms. The van der Waals surface area contributed by atoms with Crippen LogP contribution in [-0.4, -0.2) is 62.2 Å². The first kappa shape index (κ1) is 14.5. The molecule has 1 aliphatic rings. The summed E-state index contributed by atoms with van der Waals surface area (Å²) in [4.78, 5) is 0. The van der Waals surface area contributed by atoms with E-state index in [1.165, 1.54) is 0 Å². The van der Waals surface area contributed by atoms with Crippen LogP contribution in [-0.2, 0) is 16.1 Å². The number of hydrogen-bond acceptors (Lipinski definition) is 3. The average molecular weight is 266 g/mol. The van der Waals surface area contributed by atoms with E-state index < -0.39 is 6.10 Å². The zero-order valence-corrected chi connectivity index (χ0v) is 11.6. The van der Waals surface area contributed by atoms with Gasteiger partial charge in [-0.1, -0.05) is 30.3 Å². The predicted octanol–water partition coefficient (Wildman–Crippen LogP) is 1.04. The minimum atomic E-state index is -0.410. The molecule has 0 spiro atoms. The van der Waals surface area contributed by atoms with E-state index in [1.54, 1.807) is 0 Å². The molecule has 0 radical (unpaired) electrons. The van der Waals surface area contributed by atoms with Crippen molar-refractivity contribution in [2.75, 3.05) is 46.5 Å². The fraction of sp³-hybridized carbons (Fsp3) is 0.600. The Morgan fingerprint density at radius 3 is 2.63 bits per heavy atom. The lowest BCUT2D eigenvalue weighted by Crippen LogP contribution is -2.55. The molecule has 1 saturated heterocycles. The van der Waals surface area contributed by atoms with E-state index in [0.717, 1.165) is 42.9 Å². The van der Waals surface area contributed by atoms with Gasteiger partial charge in [0.15, 0.2) is 0 Å². The highest BCUT2D eigenvalue weighted by molar-refractivity contribution is 5.13. The van der Waals surface area contributed by atoms with Crippen molar-refractivity contribution in [1.82, 2.24) is 0 Å². The fourth-order valence-electron chi connectivity index (χ4n) is 2.41. The van der Waals surface area contributed by atoms with Crippen LogP contribution in [0.5, 0.6) is 0 Å². The number of quaternary nitrogens is 1. The molecule has 0 saturated carbocycles. The number of rotatable bonds is 6. The quantitative estimate of drug-likeness (QED) is 0.782. The number of hydrogen-bond donors (Lipinski definition) is 1. The van der Waals surface area contributed by atoms with Crippen LogP contribution in [0.4, 0.5) is 0 Å². The molecule has 0 aromatic heterocycles. The van der Waals surface area contributed by atoms with Crippen LogP contribution in [0.3, 0.4) is 0 Å². The van der Waals surface area contributed by atoms with Gasteiger partial charge in [-0.2, -0.15) is 0 Å². The minimum absolute atomic E-state index is 0.392. The second-order valence-corrected chi connectivity index (χ2v) is 5.52. The Morgan fingerprint density at radius 2 is 1.95 bits per heavy atom. The molecule has 0 aliphatic carbocycles. The van der Waals surface area contributed by atoms with Crippen LogP contribution in [0.2, 0.25) is 0 Å². The zero-order chi connectivity index (χ0) is 13.6. The molecule has 2 rings (SSSR count). The molecular weight excluding hydrogens is 242 g/mol. The maximum atomic E-state index is 10.1. The fourth-order valence-corrected chi connectivity index (χ4v) is 2.41. The van der Waals surface area contributed by atoms with Gasteiger partial charge in [-0.25, -0.2) is 0 Å². The predicted molar refractivity (Wildman–Crippen MR) is 73.7 cm³/mol. The third kappa shape index (κ3) is 4.91. The third-order valence-electron chi connectivity index (χ3n) is 3.62. The van der Waals surface area contributed by atoms with Gasteiger partial charge in [0.05, 0.1) is 33.5 Å². The molecule has 106 valence electrons. The molecule has 1 fully saturated rings. The molecule has 1 atom stereocenters. The Balaban J connectivity index is 1.68. The van der Waals surface area contributed by atoms with Crippen LogP contribution in [0.25, 0.3) is 0 Å². The van der Waals surface area contributed by atoms with Crippen molar-refractivity contribution >= 4 is 0 Å². The summed E-state index contributed by atoms with van der Waals surface area (Å²) >= 11 is 0. The highest BCUT2D eigenvalue weighted by Crippen LogP contribution is 2.09. The van der Waals surface area contributed by atoms with E-state index in [4.69, 9.17) is 9.47 Å². The molecule has 1 unspecified atom stereocenters. The monoisotopic (exact) mass is 266 g/mol. The lowest BCUT2D eigenvalue weighted by atomic mass is 10.2. The molecule has 19 heavy (non-hydrogen) atoms. The summed E-state index contributed by atoms with van der Waals surface area (Å²) in [6.07, 6.45) is -0.410. The second-order valence-electron chi connectivity index (χ2n) is 5.52. The third-order valence-corrected chi connectivity index (χ3v) is 3.62. The number of benzene rings is 1. The topological polar surface area (TPSA) is 38.7 Å². The van der Waals surface area contributed by atoms with E-state index in [1.807, 2.05) is 30.3 Å². The van der Waals surface area contributed by atoms with Crippen LogP contribution < -0.4 is 0 Å². The average Bonchev–Trinajstić information content (AvgIpc) is 2.40. The second kappa shape index (κ2) is 7.01. The Morgan fingerprint density at radius 1 is 1.26 bits per heavy atom. The molecule has 4 nitrogen and oxygen atoms in total. The van der Waals surface area contributed by atoms with E-state index in [2.05, 4.69) is 7.05 Å². The van der Waals surface area contributed by atoms with E-state index in [0.29, 0.717) is 13.2 Å². The number of nitrogens with zero attached hydrogens (tertiary/aromatic N) is 1. The highest BCUT2D eigenvalue weighted by Gasteiger charge is 2.28. The summed E-state index contributed by atoms with van der Waals surface area (Å²) in [6.45, 7) is 5.19. The molecule has 0 amide bonds. The summed E-state index contributed by atoms with van der Waals surface area (Å²) in [5, 5.41) is 10.1. The van der Waals surface area contributed by atoms with Crippen molar-refractivity contribution in [3.63, 3.8) is 0 Å². The Hall–Kier alpha value is -0.940. The van der Waals surface area contributed by atoms with Crippen molar-refractivity contribution in [1.29, 1.82) is 0 Å². The maximum Gasteiger partial charge on any atom is 0.126 e. The van der Waals surface area contributed by atoms with Crippen LogP contribution >= 0.6 is 0 Å². The highest BCUT2D eigenvalue weighted by atomic mass is 16.5. The van der Waals surface area contributed by atoms with Gasteiger partial charge in [-0.15, -0.1) is 0 Å². The van der Waals surface area contributed by atoms with Gasteiger partial charge in [0.2, 0.25) is 0 Å². The van der Waals surface area contributed by atoms with Crippen molar-refractivity contribution in [2.45, 2.75) is 12.7 Å². The lowest BCUT2D eigenvalue weighted by Gasteiger charge is -2.38. The van der Waals surface area contributed by atoms with E-state index >= 15 is 0 Å². The Labute approximate surface area is 115 Å². The number of aliphatic hydroxyl groups is 1. The lowest BCUT2D eigenvalue weighted by molar-refractivity contribution is -0.919. The van der Waals surface area contributed by atoms with Crippen LogP contribution in [0.1, 0.15) is 5.56 Å². The smallest absolute Gasteiger partial charge is 0.126 e. The maximum absolute atomic E-state index is 10.1. The van der Waals surface area contributed by atoms with Crippen molar-refractivity contribution in [2.24, 2.45) is 0 Å². The largest absolute Gasteiger partial charge is 0.385 e. The first-order valence-corrected chi connectivity index (χ1v) is 6.89. The van der Waals surface area contributed by atoms with Gasteiger partial charge in [-0.05, 0) is 5.56 Å². The first-order valence-electron chi connectivity index (χ1n) is 6.89. The van der Waals surface area contributed by atoms with Crippen molar-refractivity contribution in [3.8, 4) is 0 Å². The SMILES string of the molecule is C[N+]1(CC(O)COCc2ccccc2)CCOCC1. The molecule has 1 N–H and O–H groups in total. The standard InChI is InChI=1S/C15H24NO3/c1-16(7-9-18-10-8-16)11-15(17)13-19-12-14-5-3-2-4-6-14/h2-6,15,17H,7-13H2,1H3/q+1. The van der Waals surface area contributed by atoms with Crippen LogP contribution in [0, 0.1) is 0 Å². The summed E-state index contributed by atoms with van der Waals surface area (Å²) in [5.41, 5.74) is 1.14. The summed E-state index contributed by atoms with van der Waals surface area (Å²) in [7, 11) is 2.17. The summed E-state index contributed by atoms with van der Waals surface area (Å²) in [6, 6.07) is 10.0. The van der Waals surface area contributed by atoms with Gasteiger partial charge < -0.3 is 19.1 Å². The number of ether oxygens (including phenoxy) is 2. The van der Waals surface area contributed by atoms with Gasteiger partial charge in [-0.3, -0.25) is 0 Å². The summed E-state index contributed by atoms with van der Waals surface area (Å²) < 4.78 is 11.8. The molecule has 1 heterocycles. The molecule has 1 aliphatic heterocycles. The first-order chi connectivity index (χ1) is 9.18. The van der Waals surface area contributed by atoms with Crippen molar-refractivity contribution < 1.29 is 19.1 Å². The Bertz CT molecular complexity index is 363. The number of aliphatic hydroxyl groups excluding tert-OH is 1. The van der Waals surface area contributed by atoms with Crippen LogP contribution in [0.15, 0.2) is 30.3 Å². The normalized spacial score (nSPS) is 20.1. The number of morpholine rings is 1. The zero-order valence-electron chi connectivity index (χ0n) is 11.6. The van der Waals surface area contributed by atoms with Gasteiger partial charge in [0.1, 0.15) is 25.7 Å².